The minimum absolute atomic E-state index is 0.0133. The maximum atomic E-state index is 11.8. The highest BCUT2D eigenvalue weighted by molar-refractivity contribution is 5.85. The molecule has 1 aliphatic carbocycles. The number of rotatable bonds is 0. The molecule has 4 heteroatoms. The van der Waals surface area contributed by atoms with E-state index in [0.717, 1.165) is 27.9 Å². The molecule has 1 heterocycles. The molecule has 2 aliphatic rings. The molecule has 122 valence electrons. The first-order valence-corrected chi connectivity index (χ1v) is 7.74. The van der Waals surface area contributed by atoms with E-state index in [4.69, 9.17) is 14.5 Å². The summed E-state index contributed by atoms with van der Waals surface area (Å²) in [6.45, 7) is 12.0. The number of benzene rings is 2. The minimum Gasteiger partial charge on any atom is -0.452 e. The Bertz CT molecular complexity index is 894. The van der Waals surface area contributed by atoms with Crippen molar-refractivity contribution in [1.29, 1.82) is 0 Å². The zero-order chi connectivity index (χ0) is 17.3. The number of aliphatic hydroxyl groups is 1. The maximum Gasteiger partial charge on any atom is 0.185 e. The van der Waals surface area contributed by atoms with Crippen molar-refractivity contribution in [2.75, 3.05) is 6.61 Å². The lowest BCUT2D eigenvalue weighted by molar-refractivity contribution is 0.318. The standard InChI is InChI=1S/C17H17NO2.C2H6O/c1-8-9(2)11(4)17-15(10(8)3)18-13-6-7-14(19)12(5)16(13)20-17;1-2-3/h6-7H,1-5H3;3H,2H2,1H3. The molecule has 0 unspecified atom stereocenters. The Morgan fingerprint density at radius 2 is 1.52 bits per heavy atom. The van der Waals surface area contributed by atoms with Crippen LogP contribution in [-0.4, -0.2) is 16.7 Å². The highest BCUT2D eigenvalue weighted by atomic mass is 16.3. The van der Waals surface area contributed by atoms with Crippen molar-refractivity contribution in [2.45, 2.75) is 41.5 Å². The monoisotopic (exact) mass is 313 g/mol. The fourth-order valence-electron chi connectivity index (χ4n) is 2.62. The summed E-state index contributed by atoms with van der Waals surface area (Å²) in [5, 5.41) is 7.57. The second-order valence-corrected chi connectivity index (χ2v) is 5.74. The van der Waals surface area contributed by atoms with Crippen LogP contribution in [0.1, 0.15) is 34.7 Å². The van der Waals surface area contributed by atoms with E-state index in [0.29, 0.717) is 11.3 Å². The van der Waals surface area contributed by atoms with Gasteiger partial charge < -0.3 is 9.52 Å². The second kappa shape index (κ2) is 6.50. The van der Waals surface area contributed by atoms with Crippen molar-refractivity contribution in [1.82, 2.24) is 4.98 Å². The number of fused-ring (bicyclic) bond motifs is 2. The molecule has 0 atom stereocenters. The largest absolute Gasteiger partial charge is 0.452 e. The molecular formula is C19H23NO3. The Morgan fingerprint density at radius 3 is 2.13 bits per heavy atom. The fraction of sp³-hybridized carbons (Fsp3) is 0.368. The van der Waals surface area contributed by atoms with Gasteiger partial charge in [-0.2, -0.15) is 0 Å². The number of aryl methyl sites for hydroxylation is 2. The van der Waals surface area contributed by atoms with Gasteiger partial charge in [0.05, 0.1) is 0 Å². The van der Waals surface area contributed by atoms with Crippen molar-refractivity contribution < 1.29 is 9.52 Å². The van der Waals surface area contributed by atoms with Crippen LogP contribution in [0, 0.1) is 34.6 Å². The van der Waals surface area contributed by atoms with Crippen LogP contribution in [0.4, 0.5) is 0 Å². The van der Waals surface area contributed by atoms with E-state index >= 15 is 0 Å². The maximum absolute atomic E-state index is 11.8. The van der Waals surface area contributed by atoms with Crippen LogP contribution in [-0.2, 0) is 0 Å². The summed E-state index contributed by atoms with van der Waals surface area (Å²) >= 11 is 0. The van der Waals surface area contributed by atoms with Crippen molar-refractivity contribution in [3.63, 3.8) is 0 Å². The van der Waals surface area contributed by atoms with Gasteiger partial charge in [0.1, 0.15) is 11.2 Å². The molecule has 1 aromatic carbocycles. The summed E-state index contributed by atoms with van der Waals surface area (Å²) in [5.41, 5.74) is 7.70. The van der Waals surface area contributed by atoms with Gasteiger partial charge in [0.2, 0.25) is 0 Å². The highest BCUT2D eigenvalue weighted by Gasteiger charge is 2.18. The Kier molecular flexibility index (Phi) is 4.85. The van der Waals surface area contributed by atoms with E-state index in [9.17, 15) is 4.79 Å². The van der Waals surface area contributed by atoms with Crippen molar-refractivity contribution >= 4 is 11.1 Å². The number of hydrogen-bond acceptors (Lipinski definition) is 4. The summed E-state index contributed by atoms with van der Waals surface area (Å²) < 4.78 is 6.04. The van der Waals surface area contributed by atoms with Crippen LogP contribution < -0.4 is 5.43 Å². The van der Waals surface area contributed by atoms with Crippen molar-refractivity contribution in [3.05, 3.63) is 50.2 Å². The molecular weight excluding hydrogens is 290 g/mol. The molecule has 0 amide bonds. The van der Waals surface area contributed by atoms with E-state index in [2.05, 4.69) is 20.8 Å². The first kappa shape index (κ1) is 17.2. The highest BCUT2D eigenvalue weighted by Crippen LogP contribution is 2.32. The Balaban J connectivity index is 0.000000595. The molecule has 0 radical (unpaired) electrons. The predicted octanol–water partition coefficient (Wildman–Crippen LogP) is 3.83. The summed E-state index contributed by atoms with van der Waals surface area (Å²) in [6, 6.07) is 3.28. The minimum atomic E-state index is -0.0133. The van der Waals surface area contributed by atoms with Gasteiger partial charge in [-0.15, -0.1) is 0 Å². The van der Waals surface area contributed by atoms with Crippen LogP contribution in [0.3, 0.4) is 0 Å². The van der Waals surface area contributed by atoms with E-state index in [1.54, 1.807) is 26.0 Å². The zero-order valence-electron chi connectivity index (χ0n) is 14.6. The van der Waals surface area contributed by atoms with E-state index in [-0.39, 0.29) is 12.0 Å². The molecule has 3 rings (SSSR count). The summed E-state index contributed by atoms with van der Waals surface area (Å²) in [5.74, 6) is 0.593. The summed E-state index contributed by atoms with van der Waals surface area (Å²) in [7, 11) is 0. The van der Waals surface area contributed by atoms with Gasteiger partial charge in [-0.3, -0.25) is 4.79 Å². The van der Waals surface area contributed by atoms with E-state index in [1.165, 1.54) is 11.1 Å². The first-order chi connectivity index (χ1) is 10.8. The third-order valence-electron chi connectivity index (χ3n) is 4.37. The lowest BCUT2D eigenvalue weighted by Crippen LogP contribution is -2.07. The van der Waals surface area contributed by atoms with Gasteiger partial charge in [0.25, 0.3) is 0 Å². The van der Waals surface area contributed by atoms with Crippen LogP contribution in [0.5, 0.6) is 0 Å². The predicted molar refractivity (Wildman–Crippen MR) is 93.3 cm³/mol. The molecule has 23 heavy (non-hydrogen) atoms. The molecule has 0 aromatic heterocycles. The van der Waals surface area contributed by atoms with E-state index < -0.39 is 0 Å². The molecule has 0 spiro atoms. The van der Waals surface area contributed by atoms with Crippen LogP contribution in [0.15, 0.2) is 21.3 Å². The van der Waals surface area contributed by atoms with Gasteiger partial charge in [-0.1, -0.05) is 0 Å². The Morgan fingerprint density at radius 1 is 0.957 bits per heavy atom. The van der Waals surface area contributed by atoms with Gasteiger partial charge in [0.15, 0.2) is 16.8 Å². The van der Waals surface area contributed by atoms with Crippen LogP contribution >= 0.6 is 0 Å². The summed E-state index contributed by atoms with van der Waals surface area (Å²) in [6.07, 6.45) is 0. The molecule has 1 aromatic rings. The Hall–Kier alpha value is -2.20. The van der Waals surface area contributed by atoms with E-state index in [1.807, 2.05) is 6.92 Å². The van der Waals surface area contributed by atoms with Gasteiger partial charge in [-0.05, 0) is 75.9 Å². The lowest BCUT2D eigenvalue weighted by atomic mass is 9.97. The number of aromatic nitrogens is 1. The molecule has 0 saturated carbocycles. The normalized spacial score (nSPS) is 10.7. The average molecular weight is 313 g/mol. The molecule has 1 aliphatic heterocycles. The van der Waals surface area contributed by atoms with Gasteiger partial charge in [0, 0.05) is 12.2 Å². The van der Waals surface area contributed by atoms with Gasteiger partial charge in [-0.25, -0.2) is 4.98 Å². The Labute approximate surface area is 136 Å². The molecule has 4 nitrogen and oxygen atoms in total. The van der Waals surface area contributed by atoms with Crippen molar-refractivity contribution in [2.24, 2.45) is 0 Å². The number of aliphatic hydroxyl groups excluding tert-OH is 1. The van der Waals surface area contributed by atoms with Crippen molar-refractivity contribution in [3.8, 4) is 11.5 Å². The fourth-order valence-corrected chi connectivity index (χ4v) is 2.62. The number of nitrogens with zero attached hydrogens (tertiary/aromatic N) is 1. The number of hydrogen-bond donors (Lipinski definition) is 1. The molecule has 0 fully saturated rings. The molecule has 1 N–H and O–H groups in total. The first-order valence-electron chi connectivity index (χ1n) is 7.74. The smallest absolute Gasteiger partial charge is 0.185 e. The third-order valence-corrected chi connectivity index (χ3v) is 4.37. The topological polar surface area (TPSA) is 63.3 Å². The SMILES string of the molecule is CCO.Cc1c(C)c(C)c2oc3c(C)c(=O)ccc-3nc2c1C. The lowest BCUT2D eigenvalue weighted by Gasteiger charge is -2.15. The quantitative estimate of drug-likeness (QED) is 0.641. The van der Waals surface area contributed by atoms with Crippen LogP contribution in [0.25, 0.3) is 22.6 Å². The zero-order valence-corrected chi connectivity index (χ0v) is 14.6. The molecule has 0 bridgehead atoms. The molecule has 0 saturated heterocycles. The summed E-state index contributed by atoms with van der Waals surface area (Å²) in [4.78, 5) is 16.5. The second-order valence-electron chi connectivity index (χ2n) is 5.74. The third kappa shape index (κ3) is 2.86. The van der Waals surface area contributed by atoms with Crippen LogP contribution in [0.2, 0.25) is 0 Å². The van der Waals surface area contributed by atoms with Gasteiger partial charge >= 0.3 is 0 Å². The average Bonchev–Trinajstić information content (AvgIpc) is 2.54.